The van der Waals surface area contributed by atoms with Crippen LogP contribution in [0.4, 0.5) is 0 Å². The highest BCUT2D eigenvalue weighted by Crippen LogP contribution is 2.06. The summed E-state index contributed by atoms with van der Waals surface area (Å²) in [6.45, 7) is 10.9. The van der Waals surface area contributed by atoms with E-state index >= 15 is 0 Å². The Kier molecular flexibility index (Phi) is 7.39. The normalized spacial score (nSPS) is 16.6. The molecule has 2 atom stereocenters. The van der Waals surface area contributed by atoms with Gasteiger partial charge in [0.2, 0.25) is 5.91 Å². The summed E-state index contributed by atoms with van der Waals surface area (Å²) in [5.41, 5.74) is -0.744. The van der Waals surface area contributed by atoms with Gasteiger partial charge in [0.25, 0.3) is 0 Å². The molecule has 0 radical (unpaired) electrons. The summed E-state index contributed by atoms with van der Waals surface area (Å²) in [6, 6.07) is -0.264. The zero-order valence-corrected chi connectivity index (χ0v) is 11.8. The lowest BCUT2D eigenvalue weighted by Gasteiger charge is -2.24. The van der Waals surface area contributed by atoms with Crippen LogP contribution >= 0.6 is 0 Å². The van der Waals surface area contributed by atoms with Gasteiger partial charge in [-0.3, -0.25) is 4.79 Å². The molecule has 0 rings (SSSR count). The molecule has 0 spiro atoms. The van der Waals surface area contributed by atoms with Gasteiger partial charge in [0.05, 0.1) is 11.6 Å². The van der Waals surface area contributed by atoms with Crippen molar-refractivity contribution in [2.75, 3.05) is 13.1 Å². The molecule has 102 valence electrons. The first kappa shape index (κ1) is 16.4. The van der Waals surface area contributed by atoms with Crippen LogP contribution in [0.1, 0.15) is 47.5 Å². The monoisotopic (exact) mass is 244 g/mol. The Morgan fingerprint density at radius 3 is 2.41 bits per heavy atom. The van der Waals surface area contributed by atoms with Crippen molar-refractivity contribution in [2.45, 2.75) is 59.1 Å². The highest BCUT2D eigenvalue weighted by Gasteiger charge is 2.20. The van der Waals surface area contributed by atoms with Crippen molar-refractivity contribution in [3.05, 3.63) is 0 Å². The summed E-state index contributed by atoms with van der Waals surface area (Å²) < 4.78 is 0. The molecule has 4 heteroatoms. The van der Waals surface area contributed by atoms with Gasteiger partial charge in [-0.1, -0.05) is 20.8 Å². The van der Waals surface area contributed by atoms with Crippen LogP contribution in [0.25, 0.3) is 0 Å². The third-order valence-corrected chi connectivity index (χ3v) is 2.96. The molecule has 2 unspecified atom stereocenters. The van der Waals surface area contributed by atoms with Crippen LogP contribution in [0.5, 0.6) is 0 Å². The Balaban J connectivity index is 3.82. The second kappa shape index (κ2) is 7.67. The smallest absolute Gasteiger partial charge is 0.236 e. The fraction of sp³-hybridized carbons (Fsp3) is 0.923. The molecule has 0 bridgehead atoms. The number of carbonyl (C=O) groups excluding carboxylic acids is 1. The third kappa shape index (κ3) is 8.16. The standard InChI is InChI=1S/C13H28N2O2/c1-6-13(5,17)9-15-11(4)12(16)14-8-7-10(2)3/h10-11,15,17H,6-9H2,1-5H3,(H,14,16). The predicted molar refractivity (Wildman–Crippen MR) is 70.8 cm³/mol. The van der Waals surface area contributed by atoms with E-state index in [1.165, 1.54) is 0 Å². The highest BCUT2D eigenvalue weighted by atomic mass is 16.3. The van der Waals surface area contributed by atoms with Crippen molar-refractivity contribution in [1.82, 2.24) is 10.6 Å². The SMILES string of the molecule is CCC(C)(O)CNC(C)C(=O)NCCC(C)C. The van der Waals surface area contributed by atoms with Gasteiger partial charge in [-0.2, -0.15) is 0 Å². The topological polar surface area (TPSA) is 61.4 Å². The summed E-state index contributed by atoms with van der Waals surface area (Å²) in [5.74, 6) is 0.594. The number of amides is 1. The second-order valence-corrected chi connectivity index (χ2v) is 5.43. The molecule has 1 amide bonds. The molecule has 4 nitrogen and oxygen atoms in total. The van der Waals surface area contributed by atoms with Gasteiger partial charge in [0, 0.05) is 13.1 Å². The third-order valence-electron chi connectivity index (χ3n) is 2.96. The molecule has 0 saturated carbocycles. The van der Waals surface area contributed by atoms with Crippen molar-refractivity contribution in [1.29, 1.82) is 0 Å². The van der Waals surface area contributed by atoms with Gasteiger partial charge >= 0.3 is 0 Å². The number of aliphatic hydroxyl groups is 1. The van der Waals surface area contributed by atoms with Crippen molar-refractivity contribution in [3.63, 3.8) is 0 Å². The largest absolute Gasteiger partial charge is 0.389 e. The van der Waals surface area contributed by atoms with Crippen LogP contribution in [-0.4, -0.2) is 35.7 Å². The lowest BCUT2D eigenvalue weighted by Crippen LogP contribution is -2.48. The molecule has 0 aromatic rings. The molecule has 0 heterocycles. The minimum absolute atomic E-state index is 0.00227. The lowest BCUT2D eigenvalue weighted by atomic mass is 10.0. The van der Waals surface area contributed by atoms with E-state index in [1.807, 2.05) is 13.8 Å². The van der Waals surface area contributed by atoms with Crippen LogP contribution < -0.4 is 10.6 Å². The molecule has 17 heavy (non-hydrogen) atoms. The van der Waals surface area contributed by atoms with Gasteiger partial charge in [-0.15, -0.1) is 0 Å². The highest BCUT2D eigenvalue weighted by molar-refractivity contribution is 5.81. The maximum absolute atomic E-state index is 11.7. The number of rotatable bonds is 8. The molecule has 0 aliphatic heterocycles. The number of hydrogen-bond acceptors (Lipinski definition) is 3. The van der Waals surface area contributed by atoms with Gasteiger partial charge in [0.15, 0.2) is 0 Å². The maximum atomic E-state index is 11.7. The van der Waals surface area contributed by atoms with E-state index in [-0.39, 0.29) is 11.9 Å². The van der Waals surface area contributed by atoms with E-state index in [0.29, 0.717) is 25.4 Å². The summed E-state index contributed by atoms with van der Waals surface area (Å²) in [7, 11) is 0. The summed E-state index contributed by atoms with van der Waals surface area (Å²) in [6.07, 6.45) is 1.66. The van der Waals surface area contributed by atoms with Crippen molar-refractivity contribution in [3.8, 4) is 0 Å². The molecule has 0 saturated heterocycles. The minimum atomic E-state index is -0.744. The number of nitrogens with one attached hydrogen (secondary N) is 2. The van der Waals surface area contributed by atoms with Crippen molar-refractivity contribution < 1.29 is 9.90 Å². The van der Waals surface area contributed by atoms with E-state index in [0.717, 1.165) is 6.42 Å². The number of carbonyl (C=O) groups is 1. The molecule has 0 aliphatic rings. The molecule has 0 fully saturated rings. The second-order valence-electron chi connectivity index (χ2n) is 5.43. The quantitative estimate of drug-likeness (QED) is 0.603. The average Bonchev–Trinajstić information content (AvgIpc) is 2.25. The zero-order chi connectivity index (χ0) is 13.5. The first-order chi connectivity index (χ1) is 7.78. The van der Waals surface area contributed by atoms with E-state index in [2.05, 4.69) is 24.5 Å². The van der Waals surface area contributed by atoms with Gasteiger partial charge < -0.3 is 15.7 Å². The molecule has 0 aromatic carbocycles. The zero-order valence-electron chi connectivity index (χ0n) is 11.8. The fourth-order valence-corrected chi connectivity index (χ4v) is 1.23. The summed E-state index contributed by atoms with van der Waals surface area (Å²) in [5, 5.41) is 15.7. The van der Waals surface area contributed by atoms with Crippen LogP contribution in [0, 0.1) is 5.92 Å². The Labute approximate surface area is 105 Å². The van der Waals surface area contributed by atoms with E-state index in [9.17, 15) is 9.90 Å². The van der Waals surface area contributed by atoms with E-state index in [4.69, 9.17) is 0 Å². The Hall–Kier alpha value is -0.610. The Morgan fingerprint density at radius 1 is 1.35 bits per heavy atom. The summed E-state index contributed by atoms with van der Waals surface area (Å²) in [4.78, 5) is 11.7. The maximum Gasteiger partial charge on any atom is 0.236 e. The molecule has 3 N–H and O–H groups in total. The van der Waals surface area contributed by atoms with E-state index in [1.54, 1.807) is 6.92 Å². The average molecular weight is 244 g/mol. The van der Waals surface area contributed by atoms with Gasteiger partial charge in [-0.25, -0.2) is 0 Å². The van der Waals surface area contributed by atoms with Crippen molar-refractivity contribution >= 4 is 5.91 Å². The molecular weight excluding hydrogens is 216 g/mol. The number of hydrogen-bond donors (Lipinski definition) is 3. The van der Waals surface area contributed by atoms with Gasteiger partial charge in [-0.05, 0) is 32.6 Å². The van der Waals surface area contributed by atoms with Crippen LogP contribution in [0.3, 0.4) is 0 Å². The van der Waals surface area contributed by atoms with Crippen LogP contribution in [0.15, 0.2) is 0 Å². The molecule has 0 aliphatic carbocycles. The lowest BCUT2D eigenvalue weighted by molar-refractivity contribution is -0.123. The summed E-state index contributed by atoms with van der Waals surface area (Å²) >= 11 is 0. The minimum Gasteiger partial charge on any atom is -0.389 e. The Morgan fingerprint density at radius 2 is 1.94 bits per heavy atom. The Bertz CT molecular complexity index is 227. The van der Waals surface area contributed by atoms with Crippen LogP contribution in [-0.2, 0) is 4.79 Å². The fourth-order valence-electron chi connectivity index (χ4n) is 1.23. The first-order valence-corrected chi connectivity index (χ1v) is 6.52. The van der Waals surface area contributed by atoms with Crippen molar-refractivity contribution in [2.24, 2.45) is 5.92 Å². The first-order valence-electron chi connectivity index (χ1n) is 6.52. The predicted octanol–water partition coefficient (Wildman–Crippen LogP) is 1.29. The van der Waals surface area contributed by atoms with E-state index < -0.39 is 5.60 Å². The molecular formula is C13H28N2O2. The van der Waals surface area contributed by atoms with Gasteiger partial charge in [0.1, 0.15) is 0 Å². The molecule has 0 aromatic heterocycles. The van der Waals surface area contributed by atoms with Crippen LogP contribution in [0.2, 0.25) is 0 Å².